The van der Waals surface area contributed by atoms with Gasteiger partial charge in [0.25, 0.3) is 0 Å². The zero-order valence-electron chi connectivity index (χ0n) is 12.0. The molecule has 5 nitrogen and oxygen atoms in total. The van der Waals surface area contributed by atoms with E-state index >= 15 is 0 Å². The Balaban J connectivity index is 2.55. The molecule has 0 bridgehead atoms. The van der Waals surface area contributed by atoms with Crippen LogP contribution in [-0.4, -0.2) is 32.4 Å². The Kier molecular flexibility index (Phi) is 4.33. The maximum atomic E-state index is 10.9. The number of rotatable bonds is 5. The second kappa shape index (κ2) is 6.17. The van der Waals surface area contributed by atoms with Gasteiger partial charge in [-0.25, -0.2) is 4.79 Å². The minimum Gasteiger partial charge on any atom is -0.493 e. The van der Waals surface area contributed by atoms with Crippen LogP contribution in [0.25, 0.3) is 11.1 Å². The molecule has 0 aromatic heterocycles. The quantitative estimate of drug-likeness (QED) is 0.916. The first-order chi connectivity index (χ1) is 10.1. The fraction of sp³-hybridized carbons (Fsp3) is 0.188. The molecular weight excluding hydrogens is 272 g/mol. The Hall–Kier alpha value is -2.69. The summed E-state index contributed by atoms with van der Waals surface area (Å²) in [5.74, 6) is 0.654. The van der Waals surface area contributed by atoms with E-state index in [1.807, 2.05) is 6.07 Å². The van der Waals surface area contributed by atoms with Crippen LogP contribution in [0.15, 0.2) is 36.4 Å². The van der Waals surface area contributed by atoms with Crippen molar-refractivity contribution < 1.29 is 24.1 Å². The van der Waals surface area contributed by atoms with Crippen molar-refractivity contribution >= 4 is 5.97 Å². The van der Waals surface area contributed by atoms with Crippen LogP contribution >= 0.6 is 0 Å². The standard InChI is InChI=1S/C16H16O5/c1-19-13-9-8-12(14(20-2)15(13)21-3)10-4-6-11(7-5-10)16(17)18/h4-9H,1-3H3,(H,17,18). The lowest BCUT2D eigenvalue weighted by molar-refractivity contribution is 0.0697. The second-order valence-electron chi connectivity index (χ2n) is 4.26. The highest BCUT2D eigenvalue weighted by atomic mass is 16.5. The molecule has 21 heavy (non-hydrogen) atoms. The summed E-state index contributed by atoms with van der Waals surface area (Å²) in [6, 6.07) is 10.2. The van der Waals surface area contributed by atoms with Gasteiger partial charge >= 0.3 is 5.97 Å². The van der Waals surface area contributed by atoms with Gasteiger partial charge in [0, 0.05) is 5.56 Å². The average molecular weight is 288 g/mol. The summed E-state index contributed by atoms with van der Waals surface area (Å²) < 4.78 is 16.0. The van der Waals surface area contributed by atoms with Gasteiger partial charge in [0.05, 0.1) is 26.9 Å². The molecule has 5 heteroatoms. The van der Waals surface area contributed by atoms with Crippen LogP contribution in [0.5, 0.6) is 17.2 Å². The van der Waals surface area contributed by atoms with E-state index in [9.17, 15) is 4.79 Å². The van der Waals surface area contributed by atoms with Crippen molar-refractivity contribution in [3.8, 4) is 28.4 Å². The highest BCUT2D eigenvalue weighted by molar-refractivity contribution is 5.88. The molecule has 0 amide bonds. The van der Waals surface area contributed by atoms with Gasteiger partial charge in [0.1, 0.15) is 0 Å². The molecule has 1 N–H and O–H groups in total. The fourth-order valence-electron chi connectivity index (χ4n) is 2.12. The van der Waals surface area contributed by atoms with E-state index in [0.29, 0.717) is 17.2 Å². The number of ether oxygens (including phenoxy) is 3. The third-order valence-corrected chi connectivity index (χ3v) is 3.15. The summed E-state index contributed by atoms with van der Waals surface area (Å²) in [7, 11) is 4.64. The number of carboxylic acids is 1. The largest absolute Gasteiger partial charge is 0.493 e. The van der Waals surface area contributed by atoms with Crippen LogP contribution in [0.1, 0.15) is 10.4 Å². The van der Waals surface area contributed by atoms with Crippen molar-refractivity contribution in [3.63, 3.8) is 0 Å². The molecule has 2 aromatic carbocycles. The van der Waals surface area contributed by atoms with Gasteiger partial charge < -0.3 is 19.3 Å². The van der Waals surface area contributed by atoms with Crippen molar-refractivity contribution in [2.24, 2.45) is 0 Å². The molecule has 0 heterocycles. The van der Waals surface area contributed by atoms with Crippen LogP contribution in [0.2, 0.25) is 0 Å². The van der Waals surface area contributed by atoms with Crippen molar-refractivity contribution in [1.82, 2.24) is 0 Å². The van der Waals surface area contributed by atoms with E-state index in [4.69, 9.17) is 19.3 Å². The predicted molar refractivity (Wildman–Crippen MR) is 78.5 cm³/mol. The first kappa shape index (κ1) is 14.7. The molecule has 110 valence electrons. The third kappa shape index (κ3) is 2.76. The number of hydrogen-bond acceptors (Lipinski definition) is 4. The number of methoxy groups -OCH3 is 3. The number of benzene rings is 2. The van der Waals surface area contributed by atoms with Crippen LogP contribution in [0.4, 0.5) is 0 Å². The SMILES string of the molecule is COc1ccc(-c2ccc(C(=O)O)cc2)c(OC)c1OC. The van der Waals surface area contributed by atoms with E-state index in [1.165, 1.54) is 7.11 Å². The van der Waals surface area contributed by atoms with E-state index < -0.39 is 5.97 Å². The third-order valence-electron chi connectivity index (χ3n) is 3.15. The molecule has 2 aromatic rings. The Bertz CT molecular complexity index is 646. The van der Waals surface area contributed by atoms with Gasteiger partial charge in [-0.2, -0.15) is 0 Å². The van der Waals surface area contributed by atoms with Crippen LogP contribution in [0.3, 0.4) is 0 Å². The van der Waals surface area contributed by atoms with Gasteiger partial charge in [-0.1, -0.05) is 12.1 Å². The molecule has 2 rings (SSSR count). The van der Waals surface area contributed by atoms with Crippen LogP contribution in [-0.2, 0) is 0 Å². The van der Waals surface area contributed by atoms with Crippen LogP contribution in [0, 0.1) is 0 Å². The first-order valence-corrected chi connectivity index (χ1v) is 6.25. The van der Waals surface area contributed by atoms with E-state index in [-0.39, 0.29) is 5.56 Å². The van der Waals surface area contributed by atoms with Crippen molar-refractivity contribution in [2.45, 2.75) is 0 Å². The highest BCUT2D eigenvalue weighted by Gasteiger charge is 2.17. The normalized spacial score (nSPS) is 10.0. The average Bonchev–Trinajstić information content (AvgIpc) is 2.53. The summed E-state index contributed by atoms with van der Waals surface area (Å²) in [6.07, 6.45) is 0. The second-order valence-corrected chi connectivity index (χ2v) is 4.26. The van der Waals surface area contributed by atoms with Crippen molar-refractivity contribution in [2.75, 3.05) is 21.3 Å². The molecule has 0 aliphatic carbocycles. The summed E-state index contributed by atoms with van der Waals surface area (Å²) >= 11 is 0. The zero-order chi connectivity index (χ0) is 15.4. The molecule has 0 fully saturated rings. The highest BCUT2D eigenvalue weighted by Crippen LogP contribution is 2.44. The molecule has 0 aliphatic heterocycles. The number of aromatic carboxylic acids is 1. The molecular formula is C16H16O5. The Labute approximate surface area is 122 Å². The van der Waals surface area contributed by atoms with Gasteiger partial charge in [0.2, 0.25) is 5.75 Å². The topological polar surface area (TPSA) is 65.0 Å². The Morgan fingerprint density at radius 2 is 1.48 bits per heavy atom. The van der Waals surface area contributed by atoms with E-state index in [1.54, 1.807) is 44.6 Å². The van der Waals surface area contributed by atoms with E-state index in [0.717, 1.165) is 11.1 Å². The van der Waals surface area contributed by atoms with Gasteiger partial charge in [-0.3, -0.25) is 0 Å². The van der Waals surface area contributed by atoms with Gasteiger partial charge in [-0.15, -0.1) is 0 Å². The van der Waals surface area contributed by atoms with Crippen LogP contribution < -0.4 is 14.2 Å². The molecule has 0 aliphatic rings. The lowest BCUT2D eigenvalue weighted by atomic mass is 10.0. The monoisotopic (exact) mass is 288 g/mol. The maximum Gasteiger partial charge on any atom is 0.335 e. The molecule has 0 unspecified atom stereocenters. The van der Waals surface area contributed by atoms with Crippen molar-refractivity contribution in [3.05, 3.63) is 42.0 Å². The Morgan fingerprint density at radius 3 is 1.95 bits per heavy atom. The number of hydrogen-bond donors (Lipinski definition) is 1. The summed E-state index contributed by atoms with van der Waals surface area (Å²) in [5.41, 5.74) is 1.86. The number of carbonyl (C=O) groups is 1. The number of carboxylic acid groups (broad SMARTS) is 1. The Morgan fingerprint density at radius 1 is 0.857 bits per heavy atom. The lowest BCUT2D eigenvalue weighted by Gasteiger charge is -2.15. The molecule has 0 saturated heterocycles. The van der Waals surface area contributed by atoms with Gasteiger partial charge in [-0.05, 0) is 29.8 Å². The predicted octanol–water partition coefficient (Wildman–Crippen LogP) is 3.08. The zero-order valence-corrected chi connectivity index (χ0v) is 12.0. The lowest BCUT2D eigenvalue weighted by Crippen LogP contribution is -1.98. The minimum absolute atomic E-state index is 0.234. The van der Waals surface area contributed by atoms with Crippen molar-refractivity contribution in [1.29, 1.82) is 0 Å². The molecule has 0 saturated carbocycles. The molecule has 0 spiro atoms. The summed E-state index contributed by atoms with van der Waals surface area (Å²) in [6.45, 7) is 0. The van der Waals surface area contributed by atoms with E-state index in [2.05, 4.69) is 0 Å². The smallest absolute Gasteiger partial charge is 0.335 e. The van der Waals surface area contributed by atoms with Gasteiger partial charge in [0.15, 0.2) is 11.5 Å². The minimum atomic E-state index is -0.958. The first-order valence-electron chi connectivity index (χ1n) is 6.25. The summed E-state index contributed by atoms with van der Waals surface area (Å²) in [4.78, 5) is 10.9. The fourth-order valence-corrected chi connectivity index (χ4v) is 2.12. The molecule has 0 radical (unpaired) electrons. The maximum absolute atomic E-state index is 10.9. The molecule has 0 atom stereocenters. The summed E-state index contributed by atoms with van der Waals surface area (Å²) in [5, 5.41) is 8.94.